The number of ether oxygens (including phenoxy) is 2. The summed E-state index contributed by atoms with van der Waals surface area (Å²) in [6, 6.07) is 18.2. The summed E-state index contributed by atoms with van der Waals surface area (Å²) >= 11 is 0. The predicted octanol–water partition coefficient (Wildman–Crippen LogP) is 5.84. The fourth-order valence-corrected chi connectivity index (χ4v) is 4.21. The molecule has 1 atom stereocenters. The molecule has 1 aliphatic heterocycles. The average molecular weight is 422 g/mol. The molecule has 3 aromatic rings. The van der Waals surface area contributed by atoms with Crippen molar-refractivity contribution < 1.29 is 18.7 Å². The smallest absolute Gasteiger partial charge is 0.235 e. The molecule has 0 aromatic heterocycles. The summed E-state index contributed by atoms with van der Waals surface area (Å²) in [6.07, 6.45) is 1.87. The number of nitrogens with one attached hydrogen (secondary N) is 1. The highest BCUT2D eigenvalue weighted by atomic mass is 19.1. The lowest BCUT2D eigenvalue weighted by Gasteiger charge is -2.36. The van der Waals surface area contributed by atoms with Gasteiger partial charge in [0.2, 0.25) is 5.91 Å². The van der Waals surface area contributed by atoms with Gasteiger partial charge >= 0.3 is 0 Å². The highest BCUT2D eigenvalue weighted by molar-refractivity contribution is 6.07. The molecule has 0 saturated carbocycles. The standard InChI is InChI=1S/C26H28FNO3/c1-3-18(2)31-24-13-12-23(19-8-4-5-9-20(19)24)28-25(29)26(14-16-30-17-15-26)21-10-6-7-11-22(21)27/h4-13,18H,3,14-17H2,1-2H3,(H,28,29)/t18-/m0/s1. The zero-order valence-corrected chi connectivity index (χ0v) is 18.0. The van der Waals surface area contributed by atoms with E-state index in [-0.39, 0.29) is 17.8 Å². The summed E-state index contributed by atoms with van der Waals surface area (Å²) in [7, 11) is 0. The van der Waals surface area contributed by atoms with Gasteiger partial charge in [-0.25, -0.2) is 4.39 Å². The second-order valence-corrected chi connectivity index (χ2v) is 8.12. The van der Waals surface area contributed by atoms with Crippen LogP contribution in [0.4, 0.5) is 10.1 Å². The zero-order valence-electron chi connectivity index (χ0n) is 18.0. The van der Waals surface area contributed by atoms with Crippen molar-refractivity contribution in [2.24, 2.45) is 0 Å². The van der Waals surface area contributed by atoms with Crippen molar-refractivity contribution in [2.45, 2.75) is 44.6 Å². The first-order valence-electron chi connectivity index (χ1n) is 10.9. The maximum Gasteiger partial charge on any atom is 0.235 e. The van der Waals surface area contributed by atoms with Crippen LogP contribution in [0, 0.1) is 5.82 Å². The molecule has 3 aromatic carbocycles. The third-order valence-corrected chi connectivity index (χ3v) is 6.21. The van der Waals surface area contributed by atoms with Crippen molar-refractivity contribution in [3.05, 3.63) is 72.0 Å². The largest absolute Gasteiger partial charge is 0.490 e. The van der Waals surface area contributed by atoms with E-state index in [9.17, 15) is 9.18 Å². The molecule has 0 unspecified atom stereocenters. The van der Waals surface area contributed by atoms with Gasteiger partial charge in [-0.15, -0.1) is 0 Å². The predicted molar refractivity (Wildman–Crippen MR) is 121 cm³/mol. The second kappa shape index (κ2) is 9.06. The third kappa shape index (κ3) is 4.15. The number of halogens is 1. The maximum atomic E-state index is 14.7. The van der Waals surface area contributed by atoms with Crippen LogP contribution in [0.1, 0.15) is 38.7 Å². The molecule has 0 aliphatic carbocycles. The van der Waals surface area contributed by atoms with E-state index in [1.54, 1.807) is 18.2 Å². The fraction of sp³-hybridized carbons (Fsp3) is 0.346. The van der Waals surface area contributed by atoms with Gasteiger partial charge in [-0.05, 0) is 44.4 Å². The molecule has 4 nitrogen and oxygen atoms in total. The zero-order chi connectivity index (χ0) is 21.8. The fourth-order valence-electron chi connectivity index (χ4n) is 4.21. The Hall–Kier alpha value is -2.92. The Kier molecular flexibility index (Phi) is 6.23. The van der Waals surface area contributed by atoms with Crippen LogP contribution in [0.2, 0.25) is 0 Å². The Morgan fingerprint density at radius 2 is 1.74 bits per heavy atom. The molecule has 0 spiro atoms. The molecule has 4 rings (SSSR count). The third-order valence-electron chi connectivity index (χ3n) is 6.21. The molecule has 1 saturated heterocycles. The highest BCUT2D eigenvalue weighted by Gasteiger charge is 2.43. The molecule has 5 heteroatoms. The van der Waals surface area contributed by atoms with E-state index in [0.29, 0.717) is 37.3 Å². The Balaban J connectivity index is 1.72. The van der Waals surface area contributed by atoms with Gasteiger partial charge in [-0.3, -0.25) is 4.79 Å². The Morgan fingerprint density at radius 1 is 1.06 bits per heavy atom. The van der Waals surface area contributed by atoms with Gasteiger partial charge in [0.25, 0.3) is 0 Å². The van der Waals surface area contributed by atoms with E-state index in [4.69, 9.17) is 9.47 Å². The van der Waals surface area contributed by atoms with Gasteiger partial charge in [0, 0.05) is 35.2 Å². The van der Waals surface area contributed by atoms with Gasteiger partial charge in [0.05, 0.1) is 11.5 Å². The number of hydrogen-bond acceptors (Lipinski definition) is 3. The molecule has 1 fully saturated rings. The molecular formula is C26H28FNO3. The van der Waals surface area contributed by atoms with Crippen LogP contribution in [0.3, 0.4) is 0 Å². The maximum absolute atomic E-state index is 14.7. The van der Waals surface area contributed by atoms with Crippen LogP contribution in [-0.2, 0) is 14.9 Å². The molecule has 1 amide bonds. The van der Waals surface area contributed by atoms with Crippen molar-refractivity contribution in [1.29, 1.82) is 0 Å². The molecule has 0 bridgehead atoms. The summed E-state index contributed by atoms with van der Waals surface area (Å²) in [6.45, 7) is 4.96. The number of rotatable bonds is 6. The second-order valence-electron chi connectivity index (χ2n) is 8.12. The van der Waals surface area contributed by atoms with Gasteiger partial charge < -0.3 is 14.8 Å². The van der Waals surface area contributed by atoms with E-state index in [1.165, 1.54) is 6.07 Å². The van der Waals surface area contributed by atoms with E-state index >= 15 is 0 Å². The Bertz CT molecular complexity index is 1080. The minimum Gasteiger partial charge on any atom is -0.490 e. The number of carbonyl (C=O) groups is 1. The molecule has 1 aliphatic rings. The van der Waals surface area contributed by atoms with Crippen molar-refractivity contribution >= 4 is 22.4 Å². The molecule has 31 heavy (non-hydrogen) atoms. The van der Waals surface area contributed by atoms with E-state index in [2.05, 4.69) is 12.2 Å². The van der Waals surface area contributed by atoms with Crippen LogP contribution >= 0.6 is 0 Å². The molecular weight excluding hydrogens is 393 g/mol. The van der Waals surface area contributed by atoms with Crippen molar-refractivity contribution in [3.8, 4) is 5.75 Å². The van der Waals surface area contributed by atoms with Gasteiger partial charge in [0.15, 0.2) is 0 Å². The summed E-state index contributed by atoms with van der Waals surface area (Å²) in [4.78, 5) is 13.6. The van der Waals surface area contributed by atoms with Gasteiger partial charge in [-0.1, -0.05) is 49.4 Å². The van der Waals surface area contributed by atoms with Gasteiger partial charge in [0.1, 0.15) is 11.6 Å². The van der Waals surface area contributed by atoms with Crippen LogP contribution in [0.25, 0.3) is 10.8 Å². The number of amides is 1. The first-order chi connectivity index (χ1) is 15.0. The molecule has 162 valence electrons. The van der Waals surface area contributed by atoms with E-state index in [1.807, 2.05) is 43.3 Å². The first-order valence-corrected chi connectivity index (χ1v) is 10.9. The quantitative estimate of drug-likeness (QED) is 0.544. The van der Waals surface area contributed by atoms with Crippen molar-refractivity contribution in [1.82, 2.24) is 0 Å². The Morgan fingerprint density at radius 3 is 2.45 bits per heavy atom. The molecule has 1 heterocycles. The molecule has 0 radical (unpaired) electrons. The van der Waals surface area contributed by atoms with Crippen LogP contribution in [0.15, 0.2) is 60.7 Å². The monoisotopic (exact) mass is 421 g/mol. The van der Waals surface area contributed by atoms with E-state index < -0.39 is 5.41 Å². The number of carbonyl (C=O) groups excluding carboxylic acids is 1. The lowest BCUT2D eigenvalue weighted by molar-refractivity contribution is -0.125. The number of benzene rings is 3. The summed E-state index contributed by atoms with van der Waals surface area (Å²) in [5, 5.41) is 4.93. The first kappa shape index (κ1) is 21.3. The summed E-state index contributed by atoms with van der Waals surface area (Å²) in [5.74, 6) is 0.223. The van der Waals surface area contributed by atoms with Crippen LogP contribution < -0.4 is 10.1 Å². The normalized spacial score (nSPS) is 16.6. The SMILES string of the molecule is CC[C@H](C)Oc1ccc(NC(=O)C2(c3ccccc3F)CCOCC2)c2ccccc12. The Labute approximate surface area is 182 Å². The van der Waals surface area contributed by atoms with Crippen molar-refractivity contribution in [3.63, 3.8) is 0 Å². The van der Waals surface area contributed by atoms with Crippen LogP contribution in [0.5, 0.6) is 5.75 Å². The number of fused-ring (bicyclic) bond motifs is 1. The van der Waals surface area contributed by atoms with E-state index in [0.717, 1.165) is 22.9 Å². The lowest BCUT2D eigenvalue weighted by atomic mass is 9.73. The summed E-state index contributed by atoms with van der Waals surface area (Å²) in [5.41, 5.74) is 0.160. The topological polar surface area (TPSA) is 47.6 Å². The highest BCUT2D eigenvalue weighted by Crippen LogP contribution is 2.39. The summed E-state index contributed by atoms with van der Waals surface area (Å²) < 4.78 is 26.3. The number of hydrogen-bond donors (Lipinski definition) is 1. The average Bonchev–Trinajstić information content (AvgIpc) is 2.81. The van der Waals surface area contributed by atoms with Crippen molar-refractivity contribution in [2.75, 3.05) is 18.5 Å². The minimum atomic E-state index is -0.962. The molecule has 1 N–H and O–H groups in total. The van der Waals surface area contributed by atoms with Gasteiger partial charge in [-0.2, -0.15) is 0 Å². The van der Waals surface area contributed by atoms with Crippen LogP contribution in [-0.4, -0.2) is 25.2 Å². The minimum absolute atomic E-state index is 0.0930. The number of anilines is 1. The lowest BCUT2D eigenvalue weighted by Crippen LogP contribution is -2.45.